The normalized spacial score (nSPS) is 12.9. The number of thioether (sulfide) groups is 1. The molecule has 1 aromatic heterocycles. The van der Waals surface area contributed by atoms with Gasteiger partial charge in [0.15, 0.2) is 10.1 Å². The third-order valence-electron chi connectivity index (χ3n) is 3.39. The van der Waals surface area contributed by atoms with Crippen molar-refractivity contribution >= 4 is 54.8 Å². The second-order valence-corrected chi connectivity index (χ2v) is 9.89. The van der Waals surface area contributed by atoms with Crippen LogP contribution in [-0.4, -0.2) is 30.7 Å². The molecule has 0 amide bonds. The summed E-state index contributed by atoms with van der Waals surface area (Å²) in [5.41, 5.74) is 1.91. The van der Waals surface area contributed by atoms with Gasteiger partial charge >= 0.3 is 0 Å². The van der Waals surface area contributed by atoms with Crippen molar-refractivity contribution in [1.29, 1.82) is 0 Å². The molecule has 25 heavy (non-hydrogen) atoms. The SMILES string of the molecule is C[C@H](Sc1nc2ccccc2s1)C(=O)c1ccc(NS(C)(=O)=O)cc1. The van der Waals surface area contributed by atoms with Gasteiger partial charge in [0, 0.05) is 11.3 Å². The number of carbonyl (C=O) groups excluding carboxylic acids is 1. The lowest BCUT2D eigenvalue weighted by Crippen LogP contribution is -2.14. The maximum absolute atomic E-state index is 12.6. The van der Waals surface area contributed by atoms with Crippen molar-refractivity contribution in [2.24, 2.45) is 0 Å². The summed E-state index contributed by atoms with van der Waals surface area (Å²) in [6.07, 6.45) is 1.09. The number of thiazole rings is 1. The van der Waals surface area contributed by atoms with Gasteiger partial charge in [-0.25, -0.2) is 13.4 Å². The molecule has 0 unspecified atom stereocenters. The molecule has 0 spiro atoms. The van der Waals surface area contributed by atoms with Gasteiger partial charge in [0.1, 0.15) is 0 Å². The van der Waals surface area contributed by atoms with E-state index in [0.29, 0.717) is 11.3 Å². The minimum absolute atomic E-state index is 0.0184. The summed E-state index contributed by atoms with van der Waals surface area (Å²) in [5, 5.41) is -0.283. The third kappa shape index (κ3) is 4.59. The first kappa shape index (κ1) is 17.9. The molecule has 0 aliphatic carbocycles. The number of para-hydroxylation sites is 1. The van der Waals surface area contributed by atoms with Gasteiger partial charge in [-0.2, -0.15) is 0 Å². The van der Waals surface area contributed by atoms with Crippen molar-refractivity contribution in [2.45, 2.75) is 16.5 Å². The maximum Gasteiger partial charge on any atom is 0.229 e. The second-order valence-electron chi connectivity index (χ2n) is 5.52. The van der Waals surface area contributed by atoms with Crippen molar-refractivity contribution in [3.8, 4) is 0 Å². The summed E-state index contributed by atoms with van der Waals surface area (Å²) in [6.45, 7) is 1.85. The predicted octanol–water partition coefficient (Wildman–Crippen LogP) is 4.03. The summed E-state index contributed by atoms with van der Waals surface area (Å²) in [5.74, 6) is -0.0184. The van der Waals surface area contributed by atoms with Crippen LogP contribution in [0.15, 0.2) is 52.9 Å². The molecule has 3 rings (SSSR count). The van der Waals surface area contributed by atoms with Crippen LogP contribution in [0.5, 0.6) is 0 Å². The molecular formula is C17H16N2O3S3. The van der Waals surface area contributed by atoms with Crippen LogP contribution in [0, 0.1) is 0 Å². The van der Waals surface area contributed by atoms with Crippen LogP contribution < -0.4 is 4.72 Å². The molecule has 2 aromatic carbocycles. The molecule has 3 aromatic rings. The molecule has 1 heterocycles. The number of hydrogen-bond acceptors (Lipinski definition) is 6. The van der Waals surface area contributed by atoms with E-state index in [-0.39, 0.29) is 11.0 Å². The van der Waals surface area contributed by atoms with Gasteiger partial charge in [-0.15, -0.1) is 11.3 Å². The van der Waals surface area contributed by atoms with E-state index in [4.69, 9.17) is 0 Å². The fraction of sp³-hybridized carbons (Fsp3) is 0.176. The number of carbonyl (C=O) groups is 1. The number of ketones is 1. The van der Waals surface area contributed by atoms with Gasteiger partial charge in [-0.1, -0.05) is 23.9 Å². The number of fused-ring (bicyclic) bond motifs is 1. The number of anilines is 1. The Morgan fingerprint density at radius 2 is 1.84 bits per heavy atom. The average Bonchev–Trinajstić information content (AvgIpc) is 2.95. The van der Waals surface area contributed by atoms with Crippen LogP contribution in [0.2, 0.25) is 0 Å². The zero-order chi connectivity index (χ0) is 18.0. The zero-order valence-corrected chi connectivity index (χ0v) is 16.0. The standard InChI is InChI=1S/C17H16N2O3S3/c1-11(23-17-18-14-5-3-4-6-15(14)24-17)16(20)12-7-9-13(10-8-12)19-25(2,21)22/h3-11,19H,1-2H3/t11-/m0/s1. The smallest absolute Gasteiger partial charge is 0.229 e. The van der Waals surface area contributed by atoms with Gasteiger partial charge < -0.3 is 0 Å². The minimum atomic E-state index is -3.33. The maximum atomic E-state index is 12.6. The number of nitrogens with one attached hydrogen (secondary N) is 1. The Kier molecular flexibility index (Phi) is 5.12. The van der Waals surface area contributed by atoms with Crippen LogP contribution in [-0.2, 0) is 10.0 Å². The van der Waals surface area contributed by atoms with Crippen LogP contribution in [0.25, 0.3) is 10.2 Å². The lowest BCUT2D eigenvalue weighted by Gasteiger charge is -2.09. The Balaban J connectivity index is 1.71. The Morgan fingerprint density at radius 1 is 1.16 bits per heavy atom. The highest BCUT2D eigenvalue weighted by molar-refractivity contribution is 8.02. The van der Waals surface area contributed by atoms with Gasteiger partial charge in [0.2, 0.25) is 10.0 Å². The number of rotatable bonds is 6. The largest absolute Gasteiger partial charge is 0.293 e. The van der Waals surface area contributed by atoms with Crippen molar-refractivity contribution in [3.05, 3.63) is 54.1 Å². The average molecular weight is 393 g/mol. The molecule has 8 heteroatoms. The van der Waals surface area contributed by atoms with E-state index in [1.54, 1.807) is 35.6 Å². The third-order valence-corrected chi connectivity index (χ3v) is 6.23. The van der Waals surface area contributed by atoms with Gasteiger partial charge in [0.25, 0.3) is 0 Å². The number of benzene rings is 2. The number of sulfonamides is 1. The van der Waals surface area contributed by atoms with E-state index in [9.17, 15) is 13.2 Å². The Morgan fingerprint density at radius 3 is 2.48 bits per heavy atom. The van der Waals surface area contributed by atoms with Gasteiger partial charge in [-0.3, -0.25) is 9.52 Å². The lowest BCUT2D eigenvalue weighted by molar-refractivity contribution is 0.0994. The van der Waals surface area contributed by atoms with Crippen molar-refractivity contribution in [2.75, 3.05) is 11.0 Å². The van der Waals surface area contributed by atoms with E-state index in [2.05, 4.69) is 9.71 Å². The van der Waals surface area contributed by atoms with Crippen LogP contribution in [0.3, 0.4) is 0 Å². The van der Waals surface area contributed by atoms with Crippen molar-refractivity contribution < 1.29 is 13.2 Å². The first-order valence-electron chi connectivity index (χ1n) is 7.46. The number of nitrogens with zero attached hydrogens (tertiary/aromatic N) is 1. The van der Waals surface area contributed by atoms with E-state index in [0.717, 1.165) is 20.8 Å². The van der Waals surface area contributed by atoms with E-state index < -0.39 is 10.0 Å². The molecule has 0 aliphatic rings. The minimum Gasteiger partial charge on any atom is -0.293 e. The number of hydrogen-bond donors (Lipinski definition) is 1. The van der Waals surface area contributed by atoms with E-state index in [1.165, 1.54) is 11.8 Å². The summed E-state index contributed by atoms with van der Waals surface area (Å²) in [4.78, 5) is 17.1. The molecule has 0 saturated carbocycles. The highest BCUT2D eigenvalue weighted by atomic mass is 32.2. The van der Waals surface area contributed by atoms with Crippen molar-refractivity contribution in [1.82, 2.24) is 4.98 Å². The van der Waals surface area contributed by atoms with E-state index >= 15 is 0 Å². The molecule has 1 atom stereocenters. The quantitative estimate of drug-likeness (QED) is 0.506. The topological polar surface area (TPSA) is 76.1 Å². The molecule has 0 bridgehead atoms. The summed E-state index contributed by atoms with van der Waals surface area (Å²) < 4.78 is 26.8. The monoisotopic (exact) mass is 392 g/mol. The lowest BCUT2D eigenvalue weighted by atomic mass is 10.1. The molecule has 0 radical (unpaired) electrons. The van der Waals surface area contributed by atoms with Gasteiger partial charge in [0.05, 0.1) is 21.7 Å². The Bertz CT molecular complexity index is 978. The zero-order valence-electron chi connectivity index (χ0n) is 13.6. The summed E-state index contributed by atoms with van der Waals surface area (Å²) in [7, 11) is -3.33. The summed E-state index contributed by atoms with van der Waals surface area (Å²) >= 11 is 3.00. The molecule has 0 aliphatic heterocycles. The second kappa shape index (κ2) is 7.15. The Labute approximate surface area is 154 Å². The fourth-order valence-corrected chi connectivity index (χ4v) is 5.11. The number of Topliss-reactive ketones (excluding diaryl/α,β-unsaturated/α-hetero) is 1. The van der Waals surface area contributed by atoms with Gasteiger partial charge in [-0.05, 0) is 43.3 Å². The molecule has 5 nitrogen and oxygen atoms in total. The molecule has 0 saturated heterocycles. The van der Waals surface area contributed by atoms with Crippen LogP contribution in [0.4, 0.5) is 5.69 Å². The van der Waals surface area contributed by atoms with Crippen LogP contribution >= 0.6 is 23.1 Å². The Hall–Kier alpha value is -1.90. The van der Waals surface area contributed by atoms with Crippen LogP contribution in [0.1, 0.15) is 17.3 Å². The molecule has 0 fully saturated rings. The number of aromatic nitrogens is 1. The molecule has 130 valence electrons. The molecule has 1 N–H and O–H groups in total. The van der Waals surface area contributed by atoms with E-state index in [1.807, 2.05) is 31.2 Å². The predicted molar refractivity (Wildman–Crippen MR) is 104 cm³/mol. The highest BCUT2D eigenvalue weighted by Gasteiger charge is 2.18. The highest BCUT2D eigenvalue weighted by Crippen LogP contribution is 2.33. The molecular weight excluding hydrogens is 376 g/mol. The first-order chi connectivity index (χ1) is 11.8. The van der Waals surface area contributed by atoms with Crippen molar-refractivity contribution in [3.63, 3.8) is 0 Å². The summed E-state index contributed by atoms with van der Waals surface area (Å²) in [6, 6.07) is 14.3. The first-order valence-corrected chi connectivity index (χ1v) is 11.0. The fourth-order valence-electron chi connectivity index (χ4n) is 2.26.